The highest BCUT2D eigenvalue weighted by Gasteiger charge is 2.34. The van der Waals surface area contributed by atoms with Crippen molar-refractivity contribution in [3.63, 3.8) is 0 Å². The summed E-state index contributed by atoms with van der Waals surface area (Å²) in [7, 11) is 0. The molecule has 196 valence electrons. The standard InChI is InChI=1S/C35H30N4O/c1-22-31(27-18-10-12-20-29(27)36-22)34(32-23(2)37-30-21-13-11-19-28(30)32)33-24(3)38-39(25-14-6-4-7-15-25)35(33)40-26-16-8-5-9-17-26/h4-21,34,36-37H,1-3H3. The summed E-state index contributed by atoms with van der Waals surface area (Å²) in [5, 5.41) is 7.51. The third-order valence-corrected chi connectivity index (χ3v) is 7.77. The lowest BCUT2D eigenvalue weighted by atomic mass is 9.82. The van der Waals surface area contributed by atoms with Gasteiger partial charge in [-0.3, -0.25) is 0 Å². The van der Waals surface area contributed by atoms with Gasteiger partial charge in [-0.2, -0.15) is 5.10 Å². The first-order valence-corrected chi connectivity index (χ1v) is 13.6. The van der Waals surface area contributed by atoms with E-state index in [0.717, 1.165) is 45.1 Å². The normalized spacial score (nSPS) is 11.6. The van der Waals surface area contributed by atoms with Crippen LogP contribution in [0.2, 0.25) is 0 Å². The lowest BCUT2D eigenvalue weighted by molar-refractivity contribution is 0.438. The molecule has 0 spiro atoms. The molecular weight excluding hydrogens is 492 g/mol. The molecule has 3 heterocycles. The van der Waals surface area contributed by atoms with Crippen LogP contribution in [0.3, 0.4) is 0 Å². The zero-order chi connectivity index (χ0) is 27.2. The summed E-state index contributed by atoms with van der Waals surface area (Å²) in [5.74, 6) is 1.35. The van der Waals surface area contributed by atoms with Gasteiger partial charge in [-0.05, 0) is 68.3 Å². The van der Waals surface area contributed by atoms with Crippen LogP contribution in [0.15, 0.2) is 109 Å². The molecular formula is C35H30N4O. The van der Waals surface area contributed by atoms with Crippen LogP contribution >= 0.6 is 0 Å². The van der Waals surface area contributed by atoms with Gasteiger partial charge in [0.25, 0.3) is 0 Å². The van der Waals surface area contributed by atoms with E-state index in [0.29, 0.717) is 5.88 Å². The Morgan fingerprint density at radius 3 is 1.68 bits per heavy atom. The summed E-state index contributed by atoms with van der Waals surface area (Å²) in [6.45, 7) is 6.43. The molecule has 7 rings (SSSR count). The van der Waals surface area contributed by atoms with E-state index in [1.54, 1.807) is 0 Å². The summed E-state index contributed by atoms with van der Waals surface area (Å²) in [4.78, 5) is 7.31. The average molecular weight is 523 g/mol. The molecule has 0 aliphatic carbocycles. The molecule has 5 heteroatoms. The SMILES string of the molecule is Cc1nn(-c2ccccc2)c(Oc2ccccc2)c1C(c1c(C)[nH]c2ccccc12)c1c(C)[nH]c2ccccc12. The van der Waals surface area contributed by atoms with Crippen molar-refractivity contribution >= 4 is 21.8 Å². The second-order valence-corrected chi connectivity index (χ2v) is 10.3. The maximum atomic E-state index is 6.78. The van der Waals surface area contributed by atoms with Crippen LogP contribution in [-0.4, -0.2) is 19.7 Å². The number of aromatic nitrogens is 4. The van der Waals surface area contributed by atoms with Gasteiger partial charge in [0.05, 0.1) is 11.4 Å². The quantitative estimate of drug-likeness (QED) is 0.229. The zero-order valence-corrected chi connectivity index (χ0v) is 22.8. The number of para-hydroxylation sites is 4. The Morgan fingerprint density at radius 1 is 0.600 bits per heavy atom. The number of fused-ring (bicyclic) bond motifs is 2. The molecule has 0 fully saturated rings. The van der Waals surface area contributed by atoms with E-state index < -0.39 is 0 Å². The van der Waals surface area contributed by atoms with Crippen LogP contribution in [0.5, 0.6) is 11.6 Å². The van der Waals surface area contributed by atoms with Crippen molar-refractivity contribution < 1.29 is 4.74 Å². The number of benzene rings is 4. The topological polar surface area (TPSA) is 58.6 Å². The summed E-state index contributed by atoms with van der Waals surface area (Å²) in [6, 6.07) is 37.3. The molecule has 4 aromatic carbocycles. The molecule has 0 aliphatic heterocycles. The van der Waals surface area contributed by atoms with Gasteiger partial charge in [0.2, 0.25) is 5.88 Å². The van der Waals surface area contributed by atoms with E-state index in [9.17, 15) is 0 Å². The molecule has 0 aliphatic rings. The Labute approximate surface area is 233 Å². The molecule has 40 heavy (non-hydrogen) atoms. The van der Waals surface area contributed by atoms with Crippen molar-refractivity contribution in [1.82, 2.24) is 19.7 Å². The van der Waals surface area contributed by atoms with Crippen LogP contribution in [0.25, 0.3) is 27.5 Å². The van der Waals surface area contributed by atoms with E-state index in [2.05, 4.69) is 91.4 Å². The Morgan fingerprint density at radius 2 is 1.10 bits per heavy atom. The summed E-state index contributed by atoms with van der Waals surface area (Å²) in [5.41, 5.74) is 9.90. The number of nitrogens with zero attached hydrogens (tertiary/aromatic N) is 2. The van der Waals surface area contributed by atoms with E-state index >= 15 is 0 Å². The first-order valence-electron chi connectivity index (χ1n) is 13.6. The van der Waals surface area contributed by atoms with Crippen LogP contribution in [0.4, 0.5) is 0 Å². The first-order chi connectivity index (χ1) is 19.6. The van der Waals surface area contributed by atoms with Crippen molar-refractivity contribution in [2.75, 3.05) is 0 Å². The molecule has 0 atom stereocenters. The van der Waals surface area contributed by atoms with Crippen LogP contribution in [0, 0.1) is 20.8 Å². The third-order valence-electron chi connectivity index (χ3n) is 7.77. The van der Waals surface area contributed by atoms with Gasteiger partial charge in [0.15, 0.2) is 0 Å². The largest absolute Gasteiger partial charge is 0.439 e. The number of hydrogen-bond donors (Lipinski definition) is 2. The highest BCUT2D eigenvalue weighted by Crippen LogP contribution is 2.47. The Hall–Kier alpha value is -5.03. The maximum Gasteiger partial charge on any atom is 0.227 e. The lowest BCUT2D eigenvalue weighted by Gasteiger charge is -2.21. The molecule has 7 aromatic rings. The molecule has 0 bridgehead atoms. The first kappa shape index (κ1) is 24.0. The molecule has 0 unspecified atom stereocenters. The van der Waals surface area contributed by atoms with Crippen molar-refractivity contribution in [2.24, 2.45) is 0 Å². The summed E-state index contributed by atoms with van der Waals surface area (Å²) < 4.78 is 8.72. The Balaban J connectivity index is 1.59. The maximum absolute atomic E-state index is 6.78. The highest BCUT2D eigenvalue weighted by atomic mass is 16.5. The Bertz CT molecular complexity index is 1880. The fraction of sp³-hybridized carbons (Fsp3) is 0.114. The van der Waals surface area contributed by atoms with E-state index in [4.69, 9.17) is 9.84 Å². The molecule has 0 amide bonds. The zero-order valence-electron chi connectivity index (χ0n) is 22.8. The number of rotatable bonds is 6. The molecule has 0 saturated carbocycles. The van der Waals surface area contributed by atoms with Gasteiger partial charge in [-0.15, -0.1) is 0 Å². The fourth-order valence-electron chi connectivity index (χ4n) is 6.07. The van der Waals surface area contributed by atoms with Crippen LogP contribution in [-0.2, 0) is 0 Å². The van der Waals surface area contributed by atoms with Crippen LogP contribution in [0.1, 0.15) is 39.7 Å². The average Bonchev–Trinajstić information content (AvgIpc) is 3.61. The van der Waals surface area contributed by atoms with Gasteiger partial charge >= 0.3 is 0 Å². The van der Waals surface area contributed by atoms with Crippen molar-refractivity contribution in [2.45, 2.75) is 26.7 Å². The number of hydrogen-bond acceptors (Lipinski definition) is 2. The number of H-pyrrole nitrogens is 2. The smallest absolute Gasteiger partial charge is 0.227 e. The minimum Gasteiger partial charge on any atom is -0.439 e. The number of nitrogens with one attached hydrogen (secondary N) is 2. The van der Waals surface area contributed by atoms with E-state index in [1.165, 1.54) is 21.9 Å². The highest BCUT2D eigenvalue weighted by molar-refractivity contribution is 5.91. The molecule has 0 saturated heterocycles. The predicted octanol–water partition coefficient (Wildman–Crippen LogP) is 8.73. The van der Waals surface area contributed by atoms with E-state index in [-0.39, 0.29) is 5.92 Å². The van der Waals surface area contributed by atoms with Crippen molar-refractivity contribution in [1.29, 1.82) is 0 Å². The lowest BCUT2D eigenvalue weighted by Crippen LogP contribution is -2.09. The van der Waals surface area contributed by atoms with Gasteiger partial charge in [-0.1, -0.05) is 72.8 Å². The summed E-state index contributed by atoms with van der Waals surface area (Å²) >= 11 is 0. The number of aryl methyl sites for hydroxylation is 3. The second kappa shape index (κ2) is 9.62. The second-order valence-electron chi connectivity index (χ2n) is 10.3. The summed E-state index contributed by atoms with van der Waals surface area (Å²) in [6.07, 6.45) is 0. The fourth-order valence-corrected chi connectivity index (χ4v) is 6.07. The molecule has 2 N–H and O–H groups in total. The van der Waals surface area contributed by atoms with Crippen molar-refractivity contribution in [3.05, 3.63) is 143 Å². The third kappa shape index (κ3) is 3.90. The van der Waals surface area contributed by atoms with E-state index in [1.807, 2.05) is 53.2 Å². The minimum atomic E-state index is -0.136. The van der Waals surface area contributed by atoms with Gasteiger partial charge in [-0.25, -0.2) is 4.68 Å². The number of ether oxygens (including phenoxy) is 1. The van der Waals surface area contributed by atoms with Gasteiger partial charge < -0.3 is 14.7 Å². The van der Waals surface area contributed by atoms with Crippen LogP contribution < -0.4 is 4.74 Å². The minimum absolute atomic E-state index is 0.136. The molecule has 3 aromatic heterocycles. The Kier molecular flexibility index (Phi) is 5.78. The van der Waals surface area contributed by atoms with Gasteiger partial charge in [0, 0.05) is 44.7 Å². The number of aromatic amines is 2. The molecule has 0 radical (unpaired) electrons. The monoisotopic (exact) mass is 522 g/mol. The van der Waals surface area contributed by atoms with Gasteiger partial charge in [0.1, 0.15) is 5.75 Å². The predicted molar refractivity (Wildman–Crippen MR) is 162 cm³/mol. The van der Waals surface area contributed by atoms with Crippen molar-refractivity contribution in [3.8, 4) is 17.3 Å². The molecule has 5 nitrogen and oxygen atoms in total.